The standard InChI is InChI=1S/C16H27N5O/c1-2-3-4-7-17-15(22)6-10-20-11-13-21(14-12-20)16-18-8-5-9-19-16/h5,8-9H,2-4,6-7,10-14H2,1H3,(H,17,22). The summed E-state index contributed by atoms with van der Waals surface area (Å²) in [7, 11) is 0. The van der Waals surface area contributed by atoms with Crippen LogP contribution in [0.25, 0.3) is 0 Å². The van der Waals surface area contributed by atoms with Crippen LogP contribution in [0.4, 0.5) is 5.95 Å². The molecule has 6 heteroatoms. The van der Waals surface area contributed by atoms with Crippen LogP contribution in [0.1, 0.15) is 32.6 Å². The van der Waals surface area contributed by atoms with E-state index >= 15 is 0 Å². The summed E-state index contributed by atoms with van der Waals surface area (Å²) in [5.41, 5.74) is 0. The van der Waals surface area contributed by atoms with E-state index in [0.29, 0.717) is 6.42 Å². The van der Waals surface area contributed by atoms with Crippen LogP contribution in [0.3, 0.4) is 0 Å². The van der Waals surface area contributed by atoms with E-state index in [1.54, 1.807) is 12.4 Å². The van der Waals surface area contributed by atoms with Gasteiger partial charge in [-0.3, -0.25) is 9.69 Å². The second-order valence-electron chi connectivity index (χ2n) is 5.68. The van der Waals surface area contributed by atoms with E-state index in [2.05, 4.69) is 32.0 Å². The van der Waals surface area contributed by atoms with Crippen LogP contribution in [-0.2, 0) is 4.79 Å². The Kier molecular flexibility index (Phi) is 7.09. The number of amides is 1. The number of nitrogens with zero attached hydrogens (tertiary/aromatic N) is 4. The number of hydrogen-bond donors (Lipinski definition) is 1. The summed E-state index contributed by atoms with van der Waals surface area (Å²) in [5, 5.41) is 3.00. The van der Waals surface area contributed by atoms with Crippen LogP contribution >= 0.6 is 0 Å². The van der Waals surface area contributed by atoms with E-state index in [-0.39, 0.29) is 5.91 Å². The lowest BCUT2D eigenvalue weighted by Gasteiger charge is -2.34. The van der Waals surface area contributed by atoms with Crippen LogP contribution in [0.5, 0.6) is 0 Å². The maximum atomic E-state index is 11.8. The van der Waals surface area contributed by atoms with Gasteiger partial charge in [0.25, 0.3) is 0 Å². The molecule has 0 radical (unpaired) electrons. The van der Waals surface area contributed by atoms with Crippen LogP contribution in [0, 0.1) is 0 Å². The second-order valence-corrected chi connectivity index (χ2v) is 5.68. The number of aromatic nitrogens is 2. The van der Waals surface area contributed by atoms with Crippen molar-refractivity contribution in [2.45, 2.75) is 32.6 Å². The molecule has 1 saturated heterocycles. The van der Waals surface area contributed by atoms with Crippen molar-refractivity contribution < 1.29 is 4.79 Å². The third-order valence-corrected chi connectivity index (χ3v) is 3.96. The van der Waals surface area contributed by atoms with Gasteiger partial charge in [0, 0.05) is 58.1 Å². The fraction of sp³-hybridized carbons (Fsp3) is 0.688. The molecule has 1 aliphatic rings. The average Bonchev–Trinajstić information content (AvgIpc) is 2.58. The predicted octanol–water partition coefficient (Wildman–Crippen LogP) is 1.30. The number of anilines is 1. The molecule has 0 aliphatic carbocycles. The Labute approximate surface area is 132 Å². The summed E-state index contributed by atoms with van der Waals surface area (Å²) >= 11 is 0. The van der Waals surface area contributed by atoms with Gasteiger partial charge in [-0.25, -0.2) is 9.97 Å². The molecule has 1 aromatic rings. The molecule has 122 valence electrons. The third-order valence-electron chi connectivity index (χ3n) is 3.96. The molecule has 1 N–H and O–H groups in total. The lowest BCUT2D eigenvalue weighted by atomic mass is 10.2. The predicted molar refractivity (Wildman–Crippen MR) is 87.8 cm³/mol. The highest BCUT2D eigenvalue weighted by Crippen LogP contribution is 2.09. The van der Waals surface area contributed by atoms with Crippen molar-refractivity contribution in [3.05, 3.63) is 18.5 Å². The first-order chi connectivity index (χ1) is 10.8. The van der Waals surface area contributed by atoms with Gasteiger partial charge in [-0.15, -0.1) is 0 Å². The number of nitrogens with one attached hydrogen (secondary N) is 1. The highest BCUT2D eigenvalue weighted by molar-refractivity contribution is 5.76. The molecule has 0 bridgehead atoms. The van der Waals surface area contributed by atoms with Crippen LogP contribution in [0.15, 0.2) is 18.5 Å². The molecule has 0 aromatic carbocycles. The Morgan fingerprint density at radius 3 is 2.59 bits per heavy atom. The minimum Gasteiger partial charge on any atom is -0.356 e. The molecule has 1 aliphatic heterocycles. The van der Waals surface area contributed by atoms with Crippen molar-refractivity contribution in [3.8, 4) is 0 Å². The maximum absolute atomic E-state index is 11.8. The van der Waals surface area contributed by atoms with Gasteiger partial charge < -0.3 is 10.2 Å². The van der Waals surface area contributed by atoms with Crippen molar-refractivity contribution in [2.75, 3.05) is 44.2 Å². The number of carbonyl (C=O) groups is 1. The Bertz CT molecular complexity index is 431. The van der Waals surface area contributed by atoms with Crippen LogP contribution in [-0.4, -0.2) is 60.0 Å². The molecule has 0 saturated carbocycles. The van der Waals surface area contributed by atoms with Gasteiger partial charge in [0.05, 0.1) is 0 Å². The van der Waals surface area contributed by atoms with Gasteiger partial charge in [0.15, 0.2) is 0 Å². The Balaban J connectivity index is 1.60. The molecule has 1 aromatic heterocycles. The van der Waals surface area contributed by atoms with Gasteiger partial charge >= 0.3 is 0 Å². The molecule has 0 atom stereocenters. The molecule has 1 amide bonds. The average molecular weight is 305 g/mol. The number of hydrogen-bond acceptors (Lipinski definition) is 5. The third kappa shape index (κ3) is 5.60. The summed E-state index contributed by atoms with van der Waals surface area (Å²) in [5.74, 6) is 0.973. The summed E-state index contributed by atoms with van der Waals surface area (Å²) in [6.45, 7) is 7.57. The Hall–Kier alpha value is -1.69. The number of rotatable bonds is 8. The van der Waals surface area contributed by atoms with Crippen molar-refractivity contribution in [3.63, 3.8) is 0 Å². The first-order valence-corrected chi connectivity index (χ1v) is 8.30. The second kappa shape index (κ2) is 9.35. The molecule has 22 heavy (non-hydrogen) atoms. The highest BCUT2D eigenvalue weighted by atomic mass is 16.1. The van der Waals surface area contributed by atoms with E-state index in [0.717, 1.165) is 51.6 Å². The molecule has 1 fully saturated rings. The molecule has 6 nitrogen and oxygen atoms in total. The Morgan fingerprint density at radius 1 is 1.18 bits per heavy atom. The van der Waals surface area contributed by atoms with Crippen molar-refractivity contribution in [1.29, 1.82) is 0 Å². The van der Waals surface area contributed by atoms with Gasteiger partial charge in [-0.2, -0.15) is 0 Å². The monoisotopic (exact) mass is 305 g/mol. The van der Waals surface area contributed by atoms with Gasteiger partial charge in [0.1, 0.15) is 0 Å². The molecule has 2 heterocycles. The molecular formula is C16H27N5O. The van der Waals surface area contributed by atoms with E-state index in [1.807, 2.05) is 6.07 Å². The first kappa shape index (κ1) is 16.7. The van der Waals surface area contributed by atoms with Gasteiger partial charge in [0.2, 0.25) is 11.9 Å². The number of piperazine rings is 1. The fourth-order valence-electron chi connectivity index (χ4n) is 2.58. The SMILES string of the molecule is CCCCCNC(=O)CCN1CCN(c2ncccn2)CC1. The maximum Gasteiger partial charge on any atom is 0.225 e. The zero-order valence-electron chi connectivity index (χ0n) is 13.5. The lowest BCUT2D eigenvalue weighted by Crippen LogP contribution is -2.47. The smallest absolute Gasteiger partial charge is 0.225 e. The minimum atomic E-state index is 0.171. The number of carbonyl (C=O) groups excluding carboxylic acids is 1. The Morgan fingerprint density at radius 2 is 1.91 bits per heavy atom. The lowest BCUT2D eigenvalue weighted by molar-refractivity contribution is -0.121. The normalized spacial score (nSPS) is 15.8. The molecule has 0 unspecified atom stereocenters. The summed E-state index contributed by atoms with van der Waals surface area (Å²) < 4.78 is 0. The zero-order valence-corrected chi connectivity index (χ0v) is 13.5. The zero-order chi connectivity index (χ0) is 15.6. The molecule has 0 spiro atoms. The van der Waals surface area contributed by atoms with E-state index in [4.69, 9.17) is 0 Å². The first-order valence-electron chi connectivity index (χ1n) is 8.30. The van der Waals surface area contributed by atoms with Crippen molar-refractivity contribution in [1.82, 2.24) is 20.2 Å². The van der Waals surface area contributed by atoms with E-state index < -0.39 is 0 Å². The largest absolute Gasteiger partial charge is 0.356 e. The van der Waals surface area contributed by atoms with Crippen LogP contribution in [0.2, 0.25) is 0 Å². The summed E-state index contributed by atoms with van der Waals surface area (Å²) in [6.07, 6.45) is 7.59. The van der Waals surface area contributed by atoms with Crippen molar-refractivity contribution >= 4 is 11.9 Å². The highest BCUT2D eigenvalue weighted by Gasteiger charge is 2.18. The fourth-order valence-corrected chi connectivity index (χ4v) is 2.58. The number of unbranched alkanes of at least 4 members (excludes halogenated alkanes) is 2. The van der Waals surface area contributed by atoms with Gasteiger partial charge in [-0.05, 0) is 12.5 Å². The van der Waals surface area contributed by atoms with Gasteiger partial charge in [-0.1, -0.05) is 19.8 Å². The molecular weight excluding hydrogens is 278 g/mol. The quantitative estimate of drug-likeness (QED) is 0.734. The van der Waals surface area contributed by atoms with Crippen molar-refractivity contribution in [2.24, 2.45) is 0 Å². The summed E-state index contributed by atoms with van der Waals surface area (Å²) in [4.78, 5) is 24.9. The van der Waals surface area contributed by atoms with E-state index in [9.17, 15) is 4.79 Å². The van der Waals surface area contributed by atoms with E-state index in [1.165, 1.54) is 12.8 Å². The topological polar surface area (TPSA) is 61.4 Å². The minimum absolute atomic E-state index is 0.171. The van der Waals surface area contributed by atoms with Crippen LogP contribution < -0.4 is 10.2 Å². The summed E-state index contributed by atoms with van der Waals surface area (Å²) in [6, 6.07) is 1.83. The molecule has 2 rings (SSSR count).